The molecule has 0 spiro atoms. The highest BCUT2D eigenvalue weighted by Crippen LogP contribution is 2.32. The van der Waals surface area contributed by atoms with E-state index in [1.54, 1.807) is 18.0 Å². The molecular weight excluding hydrogens is 309 g/mol. The van der Waals surface area contributed by atoms with Gasteiger partial charge in [0.1, 0.15) is 0 Å². The molecule has 0 unspecified atom stereocenters. The molecule has 0 N–H and O–H groups in total. The van der Waals surface area contributed by atoms with Crippen molar-refractivity contribution in [3.8, 4) is 0 Å². The Hall–Kier alpha value is -1.93. The average Bonchev–Trinajstić information content (AvgIpc) is 2.84. The third-order valence-corrected chi connectivity index (χ3v) is 3.14. The van der Waals surface area contributed by atoms with Crippen molar-refractivity contribution in [1.29, 1.82) is 0 Å². The number of aromatic nitrogens is 2. The van der Waals surface area contributed by atoms with Gasteiger partial charge in [-0.25, -0.2) is 0 Å². The number of benzene rings is 1. The first-order chi connectivity index (χ1) is 10.8. The maximum atomic E-state index is 13.0. The quantitative estimate of drug-likeness (QED) is 0.816. The Morgan fingerprint density at radius 3 is 2.39 bits per heavy atom. The third kappa shape index (κ3) is 5.04. The van der Waals surface area contributed by atoms with Crippen LogP contribution in [-0.2, 0) is 25.8 Å². The van der Waals surface area contributed by atoms with E-state index in [0.717, 1.165) is 6.07 Å². The van der Waals surface area contributed by atoms with Crippen LogP contribution in [-0.4, -0.2) is 41.1 Å². The summed E-state index contributed by atoms with van der Waals surface area (Å²) in [7, 11) is 5.48. The summed E-state index contributed by atoms with van der Waals surface area (Å²) in [6, 6.07) is 5.55. The molecule has 1 heterocycles. The van der Waals surface area contributed by atoms with E-state index in [4.69, 9.17) is 4.52 Å². The van der Waals surface area contributed by atoms with E-state index >= 15 is 0 Å². The summed E-state index contributed by atoms with van der Waals surface area (Å²) >= 11 is 0. The van der Waals surface area contributed by atoms with E-state index < -0.39 is 11.7 Å². The molecule has 0 aliphatic carbocycles. The molecular formula is C15H19F3N4O. The van der Waals surface area contributed by atoms with Crippen LogP contribution in [0.25, 0.3) is 0 Å². The predicted octanol–water partition coefficient (Wildman–Crippen LogP) is 2.78. The van der Waals surface area contributed by atoms with Crippen LogP contribution in [0, 0.1) is 0 Å². The van der Waals surface area contributed by atoms with Crippen molar-refractivity contribution < 1.29 is 17.7 Å². The first kappa shape index (κ1) is 17.4. The van der Waals surface area contributed by atoms with Gasteiger partial charge < -0.3 is 9.42 Å². The normalized spacial score (nSPS) is 12.3. The van der Waals surface area contributed by atoms with E-state index in [1.807, 2.05) is 19.0 Å². The highest BCUT2D eigenvalue weighted by atomic mass is 19.4. The lowest BCUT2D eigenvalue weighted by molar-refractivity contribution is -0.138. The molecule has 1 aromatic heterocycles. The molecule has 0 amide bonds. The largest absolute Gasteiger partial charge is 0.416 e. The molecule has 5 nitrogen and oxygen atoms in total. The van der Waals surface area contributed by atoms with Crippen LogP contribution in [0.2, 0.25) is 0 Å². The first-order valence-corrected chi connectivity index (χ1v) is 7.05. The molecule has 0 saturated carbocycles. The topological polar surface area (TPSA) is 45.4 Å². The minimum absolute atomic E-state index is 0.140. The van der Waals surface area contributed by atoms with Crippen molar-refractivity contribution in [2.24, 2.45) is 0 Å². The Morgan fingerprint density at radius 2 is 1.74 bits per heavy atom. The first-order valence-electron chi connectivity index (χ1n) is 7.05. The SMILES string of the molecule is CN(C)Cc1noc(CN(C)Cc2ccccc2C(F)(F)F)n1. The Balaban J connectivity index is 2.03. The summed E-state index contributed by atoms with van der Waals surface area (Å²) in [5.41, 5.74) is -0.402. The second-order valence-corrected chi connectivity index (χ2v) is 5.67. The molecule has 2 rings (SSSR count). The van der Waals surface area contributed by atoms with Gasteiger partial charge in [0.05, 0.1) is 18.7 Å². The molecule has 0 bridgehead atoms. The number of hydrogen-bond acceptors (Lipinski definition) is 5. The Labute approximate surface area is 132 Å². The molecule has 2 aromatic rings. The molecule has 126 valence electrons. The van der Waals surface area contributed by atoms with Crippen LogP contribution in [0.1, 0.15) is 22.8 Å². The summed E-state index contributed by atoms with van der Waals surface area (Å²) in [5, 5.41) is 3.84. The van der Waals surface area contributed by atoms with Crippen molar-refractivity contribution in [3.63, 3.8) is 0 Å². The van der Waals surface area contributed by atoms with Gasteiger partial charge in [0, 0.05) is 6.54 Å². The molecule has 0 radical (unpaired) electrons. The van der Waals surface area contributed by atoms with Gasteiger partial charge >= 0.3 is 6.18 Å². The molecule has 0 saturated heterocycles. The van der Waals surface area contributed by atoms with Crippen molar-refractivity contribution in [1.82, 2.24) is 19.9 Å². The average molecular weight is 328 g/mol. The Bertz CT molecular complexity index is 640. The summed E-state index contributed by atoms with van der Waals surface area (Å²) in [6.07, 6.45) is -4.36. The van der Waals surface area contributed by atoms with Gasteiger partial charge in [0.2, 0.25) is 5.89 Å². The van der Waals surface area contributed by atoms with Crippen LogP contribution in [0.5, 0.6) is 0 Å². The smallest absolute Gasteiger partial charge is 0.338 e. The van der Waals surface area contributed by atoms with E-state index in [1.165, 1.54) is 12.1 Å². The fraction of sp³-hybridized carbons (Fsp3) is 0.467. The van der Waals surface area contributed by atoms with Crippen LogP contribution in [0.4, 0.5) is 13.2 Å². The molecule has 0 atom stereocenters. The standard InChI is InChI=1S/C15H19F3N4O/c1-21(2)9-13-19-14(23-20-13)10-22(3)8-11-6-4-5-7-12(11)15(16,17)18/h4-7H,8-10H2,1-3H3. The lowest BCUT2D eigenvalue weighted by Crippen LogP contribution is -2.20. The maximum absolute atomic E-state index is 13.0. The van der Waals surface area contributed by atoms with Gasteiger partial charge in [-0.3, -0.25) is 4.90 Å². The maximum Gasteiger partial charge on any atom is 0.416 e. The molecule has 0 fully saturated rings. The summed E-state index contributed by atoms with van der Waals surface area (Å²) in [5.74, 6) is 0.933. The van der Waals surface area contributed by atoms with Gasteiger partial charge in [-0.05, 0) is 32.8 Å². The second kappa shape index (κ2) is 7.10. The van der Waals surface area contributed by atoms with Crippen molar-refractivity contribution in [2.45, 2.75) is 25.8 Å². The number of alkyl halides is 3. The fourth-order valence-corrected chi connectivity index (χ4v) is 2.21. The van der Waals surface area contributed by atoms with E-state index in [2.05, 4.69) is 10.1 Å². The summed E-state index contributed by atoms with van der Waals surface area (Å²) < 4.78 is 44.1. The monoisotopic (exact) mass is 328 g/mol. The van der Waals surface area contributed by atoms with Gasteiger partial charge in [-0.2, -0.15) is 18.2 Å². The Kier molecular flexibility index (Phi) is 5.38. The highest BCUT2D eigenvalue weighted by molar-refractivity contribution is 5.29. The predicted molar refractivity (Wildman–Crippen MR) is 78.3 cm³/mol. The molecule has 0 aliphatic rings. The van der Waals surface area contributed by atoms with Crippen molar-refractivity contribution >= 4 is 0 Å². The number of hydrogen-bond donors (Lipinski definition) is 0. The highest BCUT2D eigenvalue weighted by Gasteiger charge is 2.33. The lowest BCUT2D eigenvalue weighted by Gasteiger charge is -2.18. The number of rotatable bonds is 6. The van der Waals surface area contributed by atoms with Crippen LogP contribution >= 0.6 is 0 Å². The van der Waals surface area contributed by atoms with E-state index in [-0.39, 0.29) is 18.7 Å². The molecule has 8 heteroatoms. The van der Waals surface area contributed by atoms with Crippen LogP contribution in [0.15, 0.2) is 28.8 Å². The van der Waals surface area contributed by atoms with Gasteiger partial charge in [-0.1, -0.05) is 23.4 Å². The summed E-state index contributed by atoms with van der Waals surface area (Å²) in [4.78, 5) is 7.83. The van der Waals surface area contributed by atoms with Crippen molar-refractivity contribution in [3.05, 3.63) is 47.1 Å². The van der Waals surface area contributed by atoms with E-state index in [9.17, 15) is 13.2 Å². The van der Waals surface area contributed by atoms with Crippen LogP contribution in [0.3, 0.4) is 0 Å². The zero-order valence-corrected chi connectivity index (χ0v) is 13.3. The fourth-order valence-electron chi connectivity index (χ4n) is 2.21. The zero-order chi connectivity index (χ0) is 17.0. The summed E-state index contributed by atoms with van der Waals surface area (Å²) in [6.45, 7) is 0.970. The van der Waals surface area contributed by atoms with Gasteiger partial charge in [0.15, 0.2) is 5.82 Å². The molecule has 23 heavy (non-hydrogen) atoms. The molecule has 0 aliphatic heterocycles. The lowest BCUT2D eigenvalue weighted by atomic mass is 10.1. The number of halogens is 3. The second-order valence-electron chi connectivity index (χ2n) is 5.67. The third-order valence-electron chi connectivity index (χ3n) is 3.14. The number of nitrogens with zero attached hydrogens (tertiary/aromatic N) is 4. The van der Waals surface area contributed by atoms with Gasteiger partial charge in [0.25, 0.3) is 0 Å². The van der Waals surface area contributed by atoms with E-state index in [0.29, 0.717) is 18.3 Å². The van der Waals surface area contributed by atoms with Crippen molar-refractivity contribution in [2.75, 3.05) is 21.1 Å². The minimum atomic E-state index is -4.36. The molecule has 1 aromatic carbocycles. The Morgan fingerprint density at radius 1 is 1.04 bits per heavy atom. The van der Waals surface area contributed by atoms with Crippen LogP contribution < -0.4 is 0 Å². The zero-order valence-electron chi connectivity index (χ0n) is 13.3. The van der Waals surface area contributed by atoms with Gasteiger partial charge in [-0.15, -0.1) is 0 Å². The minimum Gasteiger partial charge on any atom is -0.338 e.